The van der Waals surface area contributed by atoms with Crippen LogP contribution in [0, 0.1) is 0 Å². The summed E-state index contributed by atoms with van der Waals surface area (Å²) >= 11 is 0. The molecule has 1 fully saturated rings. The maximum atomic E-state index is 5.98. The van der Waals surface area contributed by atoms with Gasteiger partial charge in [0.05, 0.1) is 19.8 Å². The highest BCUT2D eigenvalue weighted by Crippen LogP contribution is 2.18. The van der Waals surface area contributed by atoms with Crippen molar-refractivity contribution in [2.24, 2.45) is 10.7 Å². The van der Waals surface area contributed by atoms with Crippen LogP contribution in [0.2, 0.25) is 0 Å². The van der Waals surface area contributed by atoms with Gasteiger partial charge in [-0.15, -0.1) is 0 Å². The molecular weight excluding hydrogens is 328 g/mol. The second kappa shape index (κ2) is 12.5. The number of nitrogens with one attached hydrogen (secondary N) is 1. The van der Waals surface area contributed by atoms with E-state index in [1.807, 2.05) is 24.3 Å². The molecule has 6 heteroatoms. The first kappa shape index (κ1) is 20.5. The first-order valence-electron chi connectivity index (χ1n) is 9.84. The molecule has 0 spiro atoms. The molecule has 1 aromatic rings. The number of hydrogen-bond donors (Lipinski definition) is 2. The zero-order valence-electron chi connectivity index (χ0n) is 16.1. The maximum Gasteiger partial charge on any atom is 0.188 e. The van der Waals surface area contributed by atoms with Gasteiger partial charge in [0.25, 0.3) is 0 Å². The van der Waals surface area contributed by atoms with Crippen LogP contribution in [0.5, 0.6) is 5.75 Å². The summed E-state index contributed by atoms with van der Waals surface area (Å²) in [6.07, 6.45) is 4.88. The van der Waals surface area contributed by atoms with Crippen LogP contribution in [-0.2, 0) is 11.3 Å². The molecule has 6 nitrogen and oxygen atoms in total. The minimum absolute atomic E-state index is 0.504. The van der Waals surface area contributed by atoms with E-state index in [0.717, 1.165) is 57.1 Å². The fraction of sp³-hybridized carbons (Fsp3) is 0.650. The summed E-state index contributed by atoms with van der Waals surface area (Å²) in [6, 6.07) is 8.04. The van der Waals surface area contributed by atoms with Crippen LogP contribution in [0.15, 0.2) is 29.3 Å². The Hall–Kier alpha value is -1.79. The number of nitrogens with zero attached hydrogens (tertiary/aromatic N) is 2. The van der Waals surface area contributed by atoms with Crippen LogP contribution in [0.4, 0.5) is 0 Å². The lowest BCUT2D eigenvalue weighted by atomic mass is 10.2. The minimum atomic E-state index is 0.504. The summed E-state index contributed by atoms with van der Waals surface area (Å²) in [7, 11) is 0. The highest BCUT2D eigenvalue weighted by molar-refractivity contribution is 5.77. The maximum absolute atomic E-state index is 5.98. The van der Waals surface area contributed by atoms with E-state index < -0.39 is 0 Å². The number of unbranched alkanes of at least 4 members (excludes halogenated alkanes) is 3. The van der Waals surface area contributed by atoms with Gasteiger partial charge in [-0.3, -0.25) is 4.90 Å². The van der Waals surface area contributed by atoms with Crippen molar-refractivity contribution in [2.45, 2.75) is 39.2 Å². The monoisotopic (exact) mass is 362 g/mol. The lowest BCUT2D eigenvalue weighted by Crippen LogP contribution is -2.38. The van der Waals surface area contributed by atoms with Gasteiger partial charge < -0.3 is 20.5 Å². The average Bonchev–Trinajstić information content (AvgIpc) is 2.68. The number of ether oxygens (including phenoxy) is 2. The molecule has 0 bridgehead atoms. The summed E-state index contributed by atoms with van der Waals surface area (Å²) < 4.78 is 11.4. The zero-order valence-corrected chi connectivity index (χ0v) is 16.1. The summed E-state index contributed by atoms with van der Waals surface area (Å²) in [5.74, 6) is 1.39. The van der Waals surface area contributed by atoms with E-state index in [1.165, 1.54) is 19.3 Å². The van der Waals surface area contributed by atoms with E-state index in [4.69, 9.17) is 15.2 Å². The molecule has 1 heterocycles. The predicted octanol–water partition coefficient (Wildman–Crippen LogP) is 2.38. The lowest BCUT2D eigenvalue weighted by Gasteiger charge is -2.26. The van der Waals surface area contributed by atoms with Gasteiger partial charge in [0.2, 0.25) is 0 Å². The summed E-state index contributed by atoms with van der Waals surface area (Å²) in [5, 5.41) is 3.19. The lowest BCUT2D eigenvalue weighted by molar-refractivity contribution is 0.0322. The normalized spacial score (nSPS) is 15.8. The first-order chi connectivity index (χ1) is 12.8. The molecule has 146 valence electrons. The Bertz CT molecular complexity index is 530. The van der Waals surface area contributed by atoms with E-state index >= 15 is 0 Å². The quantitative estimate of drug-likeness (QED) is 0.359. The molecular formula is C20H34N4O2. The Balaban J connectivity index is 1.73. The van der Waals surface area contributed by atoms with Crippen molar-refractivity contribution in [3.05, 3.63) is 29.8 Å². The van der Waals surface area contributed by atoms with Gasteiger partial charge in [0.15, 0.2) is 5.96 Å². The summed E-state index contributed by atoms with van der Waals surface area (Å²) in [5.41, 5.74) is 7.02. The first-order valence-corrected chi connectivity index (χ1v) is 9.84. The number of nitrogens with two attached hydrogens (primary N) is 1. The summed E-state index contributed by atoms with van der Waals surface area (Å²) in [6.45, 7) is 8.81. The Kier molecular flexibility index (Phi) is 9.90. The van der Waals surface area contributed by atoms with Gasteiger partial charge in [-0.2, -0.15) is 0 Å². The topological polar surface area (TPSA) is 72.1 Å². The fourth-order valence-corrected chi connectivity index (χ4v) is 2.88. The van der Waals surface area contributed by atoms with Gasteiger partial charge in [-0.05, 0) is 12.5 Å². The molecule has 0 aliphatic carbocycles. The van der Waals surface area contributed by atoms with Gasteiger partial charge in [-0.25, -0.2) is 4.99 Å². The minimum Gasteiger partial charge on any atom is -0.492 e. The second-order valence-corrected chi connectivity index (χ2v) is 6.60. The van der Waals surface area contributed by atoms with Crippen LogP contribution in [0.1, 0.15) is 38.2 Å². The third kappa shape index (κ3) is 8.06. The van der Waals surface area contributed by atoms with E-state index in [0.29, 0.717) is 19.1 Å². The van der Waals surface area contributed by atoms with Crippen LogP contribution in [0.25, 0.3) is 0 Å². The van der Waals surface area contributed by atoms with Crippen LogP contribution >= 0.6 is 0 Å². The van der Waals surface area contributed by atoms with Crippen molar-refractivity contribution < 1.29 is 9.47 Å². The average molecular weight is 363 g/mol. The fourth-order valence-electron chi connectivity index (χ4n) is 2.88. The van der Waals surface area contributed by atoms with Gasteiger partial charge in [0, 0.05) is 31.7 Å². The van der Waals surface area contributed by atoms with E-state index in [2.05, 4.69) is 22.1 Å². The van der Waals surface area contributed by atoms with Crippen molar-refractivity contribution in [3.8, 4) is 5.75 Å². The molecule has 0 unspecified atom stereocenters. The predicted molar refractivity (Wildman–Crippen MR) is 107 cm³/mol. The van der Waals surface area contributed by atoms with Crippen LogP contribution < -0.4 is 15.8 Å². The van der Waals surface area contributed by atoms with Crippen molar-refractivity contribution in [3.63, 3.8) is 0 Å². The molecule has 0 atom stereocenters. The number of morpholine rings is 1. The van der Waals surface area contributed by atoms with Gasteiger partial charge in [-0.1, -0.05) is 44.4 Å². The van der Waals surface area contributed by atoms with Crippen LogP contribution in [0.3, 0.4) is 0 Å². The number of aliphatic imine (C=N–C) groups is 1. The molecule has 1 saturated heterocycles. The second-order valence-electron chi connectivity index (χ2n) is 6.60. The molecule has 1 aliphatic heterocycles. The molecule has 0 radical (unpaired) electrons. The molecule has 0 saturated carbocycles. The standard InChI is InChI=1S/C20H34N4O2/c1-2-3-4-7-10-22-20(21)23-17-18-8-5-6-9-19(18)26-16-13-24-11-14-25-15-12-24/h5-6,8-9H,2-4,7,10-17H2,1H3,(H3,21,22,23). The smallest absolute Gasteiger partial charge is 0.188 e. The van der Waals surface area contributed by atoms with Crippen molar-refractivity contribution in [2.75, 3.05) is 46.0 Å². The highest BCUT2D eigenvalue weighted by atomic mass is 16.5. The Labute approximate surface area is 157 Å². The number of para-hydroxylation sites is 1. The highest BCUT2D eigenvalue weighted by Gasteiger charge is 2.10. The molecule has 3 N–H and O–H groups in total. The van der Waals surface area contributed by atoms with Gasteiger partial charge >= 0.3 is 0 Å². The largest absolute Gasteiger partial charge is 0.492 e. The zero-order chi connectivity index (χ0) is 18.5. The van der Waals surface area contributed by atoms with Crippen LogP contribution in [-0.4, -0.2) is 56.9 Å². The summed E-state index contributed by atoms with van der Waals surface area (Å²) in [4.78, 5) is 6.81. The van der Waals surface area contributed by atoms with Crippen molar-refractivity contribution >= 4 is 5.96 Å². The molecule has 1 aromatic carbocycles. The van der Waals surface area contributed by atoms with Crippen molar-refractivity contribution in [1.82, 2.24) is 10.2 Å². The molecule has 0 aromatic heterocycles. The van der Waals surface area contributed by atoms with E-state index in [9.17, 15) is 0 Å². The molecule has 0 amide bonds. The Morgan fingerprint density at radius 1 is 1.23 bits per heavy atom. The number of hydrogen-bond acceptors (Lipinski definition) is 4. The Morgan fingerprint density at radius 3 is 2.85 bits per heavy atom. The van der Waals surface area contributed by atoms with Gasteiger partial charge in [0.1, 0.15) is 12.4 Å². The van der Waals surface area contributed by atoms with E-state index in [-0.39, 0.29) is 0 Å². The third-order valence-corrected chi connectivity index (χ3v) is 4.50. The third-order valence-electron chi connectivity index (χ3n) is 4.50. The number of guanidine groups is 1. The SMILES string of the molecule is CCCCCCNC(N)=NCc1ccccc1OCCN1CCOCC1. The molecule has 26 heavy (non-hydrogen) atoms. The Morgan fingerprint density at radius 2 is 2.04 bits per heavy atom. The number of rotatable bonds is 11. The number of benzene rings is 1. The molecule has 2 rings (SSSR count). The van der Waals surface area contributed by atoms with Crippen molar-refractivity contribution in [1.29, 1.82) is 0 Å². The van der Waals surface area contributed by atoms with E-state index in [1.54, 1.807) is 0 Å². The molecule has 1 aliphatic rings.